The summed E-state index contributed by atoms with van der Waals surface area (Å²) in [7, 11) is 0. The minimum Gasteiger partial charge on any atom is -0.478 e. The molecule has 85 valence electrons. The van der Waals surface area contributed by atoms with Crippen LogP contribution in [-0.4, -0.2) is 44.1 Å². The van der Waals surface area contributed by atoms with Crippen molar-refractivity contribution in [3.05, 3.63) is 12.2 Å². The predicted molar refractivity (Wildman–Crippen MR) is 38.9 cm³/mol. The third-order valence-corrected chi connectivity index (χ3v) is 0.368. The molecule has 13 heavy (non-hydrogen) atoms. The van der Waals surface area contributed by atoms with Crippen LogP contribution in [0.15, 0.2) is 12.2 Å². The molecule has 9 heteroatoms. The van der Waals surface area contributed by atoms with Gasteiger partial charge in [0.25, 0.3) is 0 Å². The van der Waals surface area contributed by atoms with Crippen LogP contribution >= 0.6 is 0 Å². The van der Waals surface area contributed by atoms with Gasteiger partial charge in [0, 0.05) is 28.9 Å². The quantitative estimate of drug-likeness (QED) is 0.474. The van der Waals surface area contributed by atoms with E-state index in [2.05, 4.69) is 0 Å². The Morgan fingerprint density at radius 1 is 0.769 bits per heavy atom. The average Bonchev–Trinajstić information content (AvgIpc) is 1.61. The standard InChI is InChI=1S/C4H4O4.Co.4H2O/c5-3(6)1-2-4(7)8;;;;;/h1-2H,(H,5,6)(H,7,8);;4*1H2/b2-1+;;;;;. The third kappa shape index (κ3) is 55.4. The van der Waals surface area contributed by atoms with Crippen LogP contribution in [-0.2, 0) is 26.4 Å². The molecule has 0 aromatic carbocycles. The Kier molecular flexibility index (Phi) is 69.5. The summed E-state index contributed by atoms with van der Waals surface area (Å²) in [6.45, 7) is 0. The average molecular weight is 247 g/mol. The zero-order valence-corrected chi connectivity index (χ0v) is 7.24. The van der Waals surface area contributed by atoms with Gasteiger partial charge in [-0.1, -0.05) is 0 Å². The normalized spacial score (nSPS) is 5.85. The molecule has 0 spiro atoms. The Hall–Kier alpha value is -0.974. The Balaban J connectivity index is -0.0000000245. The van der Waals surface area contributed by atoms with Gasteiger partial charge in [-0.15, -0.1) is 0 Å². The molecular weight excluding hydrogens is 235 g/mol. The summed E-state index contributed by atoms with van der Waals surface area (Å²) >= 11 is 0. The molecule has 0 aromatic rings. The van der Waals surface area contributed by atoms with E-state index >= 15 is 0 Å². The summed E-state index contributed by atoms with van der Waals surface area (Å²) in [6, 6.07) is 0. The first kappa shape index (κ1) is 40.3. The molecule has 0 atom stereocenters. The number of aliphatic carboxylic acids is 2. The molecule has 0 saturated heterocycles. The molecule has 0 saturated carbocycles. The number of carbonyl (C=O) groups is 2. The van der Waals surface area contributed by atoms with Gasteiger partial charge in [-0.05, 0) is 0 Å². The first-order chi connectivity index (χ1) is 3.63. The Bertz CT molecular complexity index is 127. The number of hydrogen-bond donors (Lipinski definition) is 2. The Labute approximate surface area is 83.3 Å². The summed E-state index contributed by atoms with van der Waals surface area (Å²) in [5.41, 5.74) is 0. The maximum atomic E-state index is 9.55. The molecule has 0 aliphatic heterocycles. The monoisotopic (exact) mass is 247 g/mol. The van der Waals surface area contributed by atoms with Gasteiger partial charge in [0.15, 0.2) is 0 Å². The van der Waals surface area contributed by atoms with Crippen molar-refractivity contribution < 1.29 is 58.5 Å². The Morgan fingerprint density at radius 3 is 1.00 bits per heavy atom. The van der Waals surface area contributed by atoms with Gasteiger partial charge in [-0.25, -0.2) is 9.59 Å². The molecule has 0 rings (SSSR count). The second-order valence-corrected chi connectivity index (χ2v) is 1.01. The summed E-state index contributed by atoms with van der Waals surface area (Å²) in [5.74, 6) is -2.51. The molecule has 1 radical (unpaired) electrons. The van der Waals surface area contributed by atoms with Gasteiger partial charge >= 0.3 is 11.9 Å². The third-order valence-electron chi connectivity index (χ3n) is 0.368. The van der Waals surface area contributed by atoms with Gasteiger partial charge in [0.1, 0.15) is 0 Å². The van der Waals surface area contributed by atoms with Gasteiger partial charge < -0.3 is 32.1 Å². The molecule has 0 unspecified atom stereocenters. The van der Waals surface area contributed by atoms with Crippen molar-refractivity contribution in [2.45, 2.75) is 0 Å². The molecule has 10 N–H and O–H groups in total. The van der Waals surface area contributed by atoms with E-state index in [1.54, 1.807) is 0 Å². The van der Waals surface area contributed by atoms with Crippen molar-refractivity contribution in [2.24, 2.45) is 0 Å². The summed E-state index contributed by atoms with van der Waals surface area (Å²) in [6.07, 6.45) is 1.12. The van der Waals surface area contributed by atoms with E-state index in [-0.39, 0.29) is 38.7 Å². The van der Waals surface area contributed by atoms with Gasteiger partial charge in [0.05, 0.1) is 0 Å². The molecule has 0 heterocycles. The van der Waals surface area contributed by atoms with Crippen molar-refractivity contribution in [2.75, 3.05) is 0 Å². The second-order valence-electron chi connectivity index (χ2n) is 1.01. The fourth-order valence-electron chi connectivity index (χ4n) is 0.143. The Morgan fingerprint density at radius 2 is 0.923 bits per heavy atom. The molecule has 8 nitrogen and oxygen atoms in total. The first-order valence-electron chi connectivity index (χ1n) is 1.77. The van der Waals surface area contributed by atoms with E-state index in [1.165, 1.54) is 0 Å². The zero-order chi connectivity index (χ0) is 6.57. The van der Waals surface area contributed by atoms with E-state index in [9.17, 15) is 9.59 Å². The van der Waals surface area contributed by atoms with E-state index < -0.39 is 11.9 Å². The van der Waals surface area contributed by atoms with Crippen LogP contribution in [0.25, 0.3) is 0 Å². The van der Waals surface area contributed by atoms with E-state index in [4.69, 9.17) is 10.2 Å². The maximum absolute atomic E-state index is 9.55. The molecule has 0 aliphatic carbocycles. The zero-order valence-electron chi connectivity index (χ0n) is 6.20. The first-order valence-corrected chi connectivity index (χ1v) is 1.77. The minimum atomic E-state index is -1.26. The van der Waals surface area contributed by atoms with Crippen LogP contribution in [0, 0.1) is 0 Å². The number of carboxylic acid groups (broad SMARTS) is 2. The smallest absolute Gasteiger partial charge is 0.328 e. The predicted octanol–water partition coefficient (Wildman–Crippen LogP) is -3.59. The minimum absolute atomic E-state index is 0. The molecule has 0 aliphatic rings. The van der Waals surface area contributed by atoms with Gasteiger partial charge in [-0.3, -0.25) is 0 Å². The molecule has 0 aromatic heterocycles. The number of rotatable bonds is 2. The van der Waals surface area contributed by atoms with Crippen LogP contribution in [0.5, 0.6) is 0 Å². The molecular formula is C4H12CoO8. The van der Waals surface area contributed by atoms with Crippen LogP contribution in [0.3, 0.4) is 0 Å². The summed E-state index contributed by atoms with van der Waals surface area (Å²) in [4.78, 5) is 19.1. The van der Waals surface area contributed by atoms with Gasteiger partial charge in [-0.2, -0.15) is 0 Å². The molecule has 0 fully saturated rings. The maximum Gasteiger partial charge on any atom is 0.328 e. The van der Waals surface area contributed by atoms with E-state index in [0.29, 0.717) is 12.2 Å². The topological polar surface area (TPSA) is 201 Å². The van der Waals surface area contributed by atoms with Crippen molar-refractivity contribution in [1.82, 2.24) is 0 Å². The largest absolute Gasteiger partial charge is 0.478 e. The summed E-state index contributed by atoms with van der Waals surface area (Å²) < 4.78 is 0. The fourth-order valence-corrected chi connectivity index (χ4v) is 0.143. The van der Waals surface area contributed by atoms with Gasteiger partial charge in [0.2, 0.25) is 0 Å². The number of carboxylic acids is 2. The van der Waals surface area contributed by atoms with E-state index in [0.717, 1.165) is 0 Å². The van der Waals surface area contributed by atoms with Crippen LogP contribution < -0.4 is 0 Å². The second kappa shape index (κ2) is 22.5. The van der Waals surface area contributed by atoms with E-state index in [1.807, 2.05) is 0 Å². The van der Waals surface area contributed by atoms with Crippen molar-refractivity contribution in [3.63, 3.8) is 0 Å². The van der Waals surface area contributed by atoms with Crippen LogP contribution in [0.2, 0.25) is 0 Å². The number of hydrogen-bond acceptors (Lipinski definition) is 2. The molecule has 0 bridgehead atoms. The van der Waals surface area contributed by atoms with Crippen molar-refractivity contribution in [1.29, 1.82) is 0 Å². The molecule has 0 amide bonds. The van der Waals surface area contributed by atoms with Crippen LogP contribution in [0.4, 0.5) is 0 Å². The van der Waals surface area contributed by atoms with Crippen molar-refractivity contribution in [3.8, 4) is 0 Å². The van der Waals surface area contributed by atoms with Crippen LogP contribution in [0.1, 0.15) is 0 Å². The van der Waals surface area contributed by atoms with Crippen molar-refractivity contribution >= 4 is 11.9 Å². The SMILES string of the molecule is O.O.O.O.O=C(O)/C=C/C(=O)O.[Co]. The summed E-state index contributed by atoms with van der Waals surface area (Å²) in [5, 5.41) is 15.6. The fraction of sp³-hybridized carbons (Fsp3) is 0.